The summed E-state index contributed by atoms with van der Waals surface area (Å²) >= 11 is 0. The number of anilines is 1. The molecule has 33 heavy (non-hydrogen) atoms. The standard InChI is InChI=1S/C25H32N2O5S/c1-4-27(5-2)33(30,31)22-14-7-19(8-15-22)9-16-23(28)26-21-12-10-20(11-13-21)25(17-18-25)24(29)32-6-3/h7-8,10-15H,4-6,9,16-18H2,1-3H3,(H,26,28). The number of aryl methyl sites for hydroxylation is 1. The predicted molar refractivity (Wildman–Crippen MR) is 127 cm³/mol. The largest absolute Gasteiger partial charge is 0.465 e. The molecule has 8 heteroatoms. The Morgan fingerprint density at radius 2 is 1.58 bits per heavy atom. The van der Waals surface area contributed by atoms with Gasteiger partial charge in [0.1, 0.15) is 0 Å². The molecule has 0 aliphatic heterocycles. The van der Waals surface area contributed by atoms with Crippen molar-refractivity contribution in [3.63, 3.8) is 0 Å². The molecule has 1 amide bonds. The van der Waals surface area contributed by atoms with Gasteiger partial charge in [0.05, 0.1) is 16.9 Å². The van der Waals surface area contributed by atoms with Crippen molar-refractivity contribution in [1.82, 2.24) is 4.31 Å². The third-order valence-corrected chi connectivity index (χ3v) is 8.11. The summed E-state index contributed by atoms with van der Waals surface area (Å²) < 4.78 is 31.8. The number of esters is 1. The molecule has 0 unspecified atom stereocenters. The summed E-state index contributed by atoms with van der Waals surface area (Å²) in [5, 5.41) is 2.87. The Morgan fingerprint density at radius 1 is 0.970 bits per heavy atom. The van der Waals surface area contributed by atoms with Crippen LogP contribution in [0, 0.1) is 0 Å². The van der Waals surface area contributed by atoms with Gasteiger partial charge in [-0.2, -0.15) is 4.31 Å². The van der Waals surface area contributed by atoms with Crippen molar-refractivity contribution in [2.45, 2.75) is 56.8 Å². The van der Waals surface area contributed by atoms with Gasteiger partial charge in [-0.3, -0.25) is 9.59 Å². The molecule has 1 N–H and O–H groups in total. The first kappa shape index (κ1) is 24.9. The molecule has 7 nitrogen and oxygen atoms in total. The second-order valence-electron chi connectivity index (χ2n) is 8.16. The minimum Gasteiger partial charge on any atom is -0.465 e. The summed E-state index contributed by atoms with van der Waals surface area (Å²) in [6, 6.07) is 14.0. The Morgan fingerprint density at radius 3 is 2.09 bits per heavy atom. The topological polar surface area (TPSA) is 92.8 Å². The van der Waals surface area contributed by atoms with Crippen molar-refractivity contribution >= 4 is 27.6 Å². The third kappa shape index (κ3) is 5.62. The maximum absolute atomic E-state index is 12.6. The van der Waals surface area contributed by atoms with Crippen LogP contribution in [0.5, 0.6) is 0 Å². The minimum atomic E-state index is -3.48. The van der Waals surface area contributed by atoms with E-state index in [0.717, 1.165) is 24.0 Å². The van der Waals surface area contributed by atoms with Crippen molar-refractivity contribution in [3.8, 4) is 0 Å². The Kier molecular flexibility index (Phi) is 7.92. The van der Waals surface area contributed by atoms with E-state index in [9.17, 15) is 18.0 Å². The van der Waals surface area contributed by atoms with E-state index >= 15 is 0 Å². The smallest absolute Gasteiger partial charge is 0.316 e. The van der Waals surface area contributed by atoms with Crippen LogP contribution in [0.1, 0.15) is 51.2 Å². The molecule has 1 aliphatic carbocycles. The van der Waals surface area contributed by atoms with Gasteiger partial charge in [-0.25, -0.2) is 8.42 Å². The minimum absolute atomic E-state index is 0.130. The van der Waals surface area contributed by atoms with E-state index in [2.05, 4.69) is 5.32 Å². The molecular weight excluding hydrogens is 440 g/mol. The van der Waals surface area contributed by atoms with Crippen LogP contribution < -0.4 is 5.32 Å². The predicted octanol–water partition coefficient (Wildman–Crippen LogP) is 3.88. The van der Waals surface area contributed by atoms with Crippen LogP contribution in [0.15, 0.2) is 53.4 Å². The highest BCUT2D eigenvalue weighted by atomic mass is 32.2. The van der Waals surface area contributed by atoms with Gasteiger partial charge >= 0.3 is 5.97 Å². The lowest BCUT2D eigenvalue weighted by atomic mass is 9.96. The van der Waals surface area contributed by atoms with Crippen molar-refractivity contribution in [2.75, 3.05) is 25.0 Å². The highest BCUT2D eigenvalue weighted by molar-refractivity contribution is 7.89. The molecule has 2 aromatic rings. The van der Waals surface area contributed by atoms with E-state index in [1.54, 1.807) is 43.3 Å². The zero-order valence-electron chi connectivity index (χ0n) is 19.5. The van der Waals surface area contributed by atoms with Crippen LogP contribution >= 0.6 is 0 Å². The first-order chi connectivity index (χ1) is 15.8. The first-order valence-electron chi connectivity index (χ1n) is 11.4. The fraction of sp³-hybridized carbons (Fsp3) is 0.440. The number of nitrogens with one attached hydrogen (secondary N) is 1. The van der Waals surface area contributed by atoms with Crippen molar-refractivity contribution in [3.05, 3.63) is 59.7 Å². The van der Waals surface area contributed by atoms with Gasteiger partial charge in [0.2, 0.25) is 15.9 Å². The molecular formula is C25H32N2O5S. The van der Waals surface area contributed by atoms with E-state index in [1.165, 1.54) is 4.31 Å². The van der Waals surface area contributed by atoms with Crippen LogP contribution in [0.3, 0.4) is 0 Å². The average molecular weight is 473 g/mol. The number of hydrogen-bond acceptors (Lipinski definition) is 5. The number of nitrogens with zero attached hydrogens (tertiary/aromatic N) is 1. The van der Waals surface area contributed by atoms with Crippen LogP contribution in [0.4, 0.5) is 5.69 Å². The van der Waals surface area contributed by atoms with Gasteiger partial charge in [-0.05, 0) is 61.6 Å². The Labute approximate surface area is 196 Å². The molecule has 3 rings (SSSR count). The molecule has 0 bridgehead atoms. The maximum Gasteiger partial charge on any atom is 0.316 e. The van der Waals surface area contributed by atoms with Gasteiger partial charge in [0.25, 0.3) is 0 Å². The van der Waals surface area contributed by atoms with E-state index in [1.807, 2.05) is 26.0 Å². The average Bonchev–Trinajstić information content (AvgIpc) is 3.61. The summed E-state index contributed by atoms with van der Waals surface area (Å²) in [6.45, 7) is 6.63. The fourth-order valence-electron chi connectivity index (χ4n) is 3.90. The van der Waals surface area contributed by atoms with Crippen LogP contribution in [-0.2, 0) is 36.2 Å². The summed E-state index contributed by atoms with van der Waals surface area (Å²) in [4.78, 5) is 24.9. The highest BCUT2D eigenvalue weighted by Crippen LogP contribution is 2.49. The summed E-state index contributed by atoms with van der Waals surface area (Å²) in [5.41, 5.74) is 1.95. The Balaban J connectivity index is 1.54. The number of carbonyl (C=O) groups excluding carboxylic acids is 2. The number of amides is 1. The van der Waals surface area contributed by atoms with Gasteiger partial charge in [0, 0.05) is 25.2 Å². The third-order valence-electron chi connectivity index (χ3n) is 6.04. The second kappa shape index (κ2) is 10.5. The van der Waals surface area contributed by atoms with Crippen molar-refractivity contribution in [2.24, 2.45) is 0 Å². The summed E-state index contributed by atoms with van der Waals surface area (Å²) in [7, 11) is -3.48. The number of rotatable bonds is 11. The summed E-state index contributed by atoms with van der Waals surface area (Å²) in [6.07, 6.45) is 2.34. The van der Waals surface area contributed by atoms with Gasteiger partial charge in [0.15, 0.2) is 0 Å². The van der Waals surface area contributed by atoms with Gasteiger partial charge < -0.3 is 10.1 Å². The molecule has 0 saturated heterocycles. The molecule has 1 aliphatic rings. The monoisotopic (exact) mass is 472 g/mol. The van der Waals surface area contributed by atoms with E-state index in [4.69, 9.17) is 4.74 Å². The maximum atomic E-state index is 12.6. The Bertz CT molecular complexity index is 1070. The van der Waals surface area contributed by atoms with Crippen LogP contribution in [0.2, 0.25) is 0 Å². The Hall–Kier alpha value is -2.71. The number of benzene rings is 2. The quantitative estimate of drug-likeness (QED) is 0.501. The normalized spacial score (nSPS) is 14.7. The van der Waals surface area contributed by atoms with E-state index in [0.29, 0.717) is 31.8 Å². The lowest BCUT2D eigenvalue weighted by Gasteiger charge is -2.18. The number of hydrogen-bond donors (Lipinski definition) is 1. The SMILES string of the molecule is CCOC(=O)C1(c2ccc(NC(=O)CCc3ccc(S(=O)(=O)N(CC)CC)cc3)cc2)CC1. The van der Waals surface area contributed by atoms with Crippen molar-refractivity contribution in [1.29, 1.82) is 0 Å². The van der Waals surface area contributed by atoms with E-state index < -0.39 is 15.4 Å². The van der Waals surface area contributed by atoms with Crippen molar-refractivity contribution < 1.29 is 22.7 Å². The number of carbonyl (C=O) groups is 2. The number of ether oxygens (including phenoxy) is 1. The lowest BCUT2D eigenvalue weighted by Crippen LogP contribution is -2.30. The van der Waals surface area contributed by atoms with Crippen LogP contribution in [-0.4, -0.2) is 44.3 Å². The number of sulfonamides is 1. The second-order valence-corrected chi connectivity index (χ2v) is 10.1. The first-order valence-corrected chi connectivity index (χ1v) is 12.9. The highest BCUT2D eigenvalue weighted by Gasteiger charge is 2.52. The zero-order chi connectivity index (χ0) is 24.1. The summed E-state index contributed by atoms with van der Waals surface area (Å²) in [5.74, 6) is -0.313. The molecule has 2 aromatic carbocycles. The molecule has 0 radical (unpaired) electrons. The molecule has 1 fully saturated rings. The van der Waals surface area contributed by atoms with Crippen LogP contribution in [0.25, 0.3) is 0 Å². The molecule has 0 spiro atoms. The molecule has 0 heterocycles. The van der Waals surface area contributed by atoms with E-state index in [-0.39, 0.29) is 23.2 Å². The molecule has 1 saturated carbocycles. The molecule has 178 valence electrons. The van der Waals surface area contributed by atoms with Gasteiger partial charge in [-0.15, -0.1) is 0 Å². The lowest BCUT2D eigenvalue weighted by molar-refractivity contribution is -0.146. The molecule has 0 aromatic heterocycles. The zero-order valence-corrected chi connectivity index (χ0v) is 20.3. The fourth-order valence-corrected chi connectivity index (χ4v) is 5.36. The molecule has 0 atom stereocenters. The van der Waals surface area contributed by atoms with Gasteiger partial charge in [-0.1, -0.05) is 38.1 Å².